The minimum absolute atomic E-state index is 0. The molecule has 0 amide bonds. The van der Waals surface area contributed by atoms with Crippen molar-refractivity contribution in [3.05, 3.63) is 0 Å². The SMILES string of the molecule is C[C@H]1CNCC[C@H]1NS(=O)(=O)N1CCN(C)CC1.Cl.Cl. The van der Waals surface area contributed by atoms with Gasteiger partial charge in [-0.25, -0.2) is 0 Å². The van der Waals surface area contributed by atoms with Gasteiger partial charge in [-0.05, 0) is 32.5 Å². The molecule has 0 bridgehead atoms. The Kier molecular flexibility index (Phi) is 8.89. The lowest BCUT2D eigenvalue weighted by molar-refractivity contribution is 0.217. The third-order valence-electron chi connectivity index (χ3n) is 3.89. The molecule has 2 saturated heterocycles. The Balaban J connectivity index is 0.00000180. The number of hydrogen-bond donors (Lipinski definition) is 2. The molecule has 2 aliphatic rings. The van der Waals surface area contributed by atoms with E-state index in [0.717, 1.165) is 32.6 Å². The number of rotatable bonds is 3. The van der Waals surface area contributed by atoms with Gasteiger partial charge in [-0.2, -0.15) is 17.4 Å². The smallest absolute Gasteiger partial charge is 0.279 e. The van der Waals surface area contributed by atoms with Gasteiger partial charge in [0, 0.05) is 32.2 Å². The van der Waals surface area contributed by atoms with Crippen LogP contribution in [0.4, 0.5) is 0 Å². The first-order valence-corrected chi connectivity index (χ1v) is 8.10. The standard InChI is InChI=1S/C11H24N4O2S.2ClH/c1-10-9-12-4-3-11(10)13-18(16,17)15-7-5-14(2)6-8-15;;/h10-13H,3-9H2,1-2H3;2*1H/t10-,11+;;/m0../s1. The fourth-order valence-corrected chi connectivity index (χ4v) is 4.01. The minimum atomic E-state index is -3.31. The van der Waals surface area contributed by atoms with Gasteiger partial charge in [0.05, 0.1) is 0 Å². The predicted molar refractivity (Wildman–Crippen MR) is 86.1 cm³/mol. The molecule has 2 heterocycles. The average molecular weight is 349 g/mol. The van der Waals surface area contributed by atoms with Crippen LogP contribution in [0.1, 0.15) is 13.3 Å². The molecule has 0 saturated carbocycles. The molecule has 122 valence electrons. The Hall–Kier alpha value is 0.370. The Morgan fingerprint density at radius 3 is 2.30 bits per heavy atom. The largest absolute Gasteiger partial charge is 0.316 e. The lowest BCUT2D eigenvalue weighted by Gasteiger charge is -2.35. The molecule has 0 spiro atoms. The van der Waals surface area contributed by atoms with Gasteiger partial charge in [0.25, 0.3) is 10.2 Å². The first kappa shape index (κ1) is 20.4. The van der Waals surface area contributed by atoms with Crippen LogP contribution in [0, 0.1) is 5.92 Å². The van der Waals surface area contributed by atoms with Crippen LogP contribution in [-0.2, 0) is 10.2 Å². The molecule has 2 rings (SSSR count). The molecular formula is C11H26Cl2N4O2S. The molecule has 2 atom stereocenters. The zero-order valence-electron chi connectivity index (χ0n) is 12.0. The van der Waals surface area contributed by atoms with Crippen LogP contribution >= 0.6 is 24.8 Å². The van der Waals surface area contributed by atoms with Crippen molar-refractivity contribution in [1.29, 1.82) is 0 Å². The van der Waals surface area contributed by atoms with E-state index in [0.29, 0.717) is 19.0 Å². The highest BCUT2D eigenvalue weighted by atomic mass is 35.5. The normalized spacial score (nSPS) is 29.3. The summed E-state index contributed by atoms with van der Waals surface area (Å²) in [7, 11) is -1.29. The van der Waals surface area contributed by atoms with Gasteiger partial charge in [0.15, 0.2) is 0 Å². The summed E-state index contributed by atoms with van der Waals surface area (Å²) in [6.07, 6.45) is 0.869. The predicted octanol–water partition coefficient (Wildman–Crippen LogP) is -0.0902. The number of likely N-dealkylation sites (N-methyl/N-ethyl adjacent to an activating group) is 1. The van der Waals surface area contributed by atoms with E-state index in [4.69, 9.17) is 0 Å². The van der Waals surface area contributed by atoms with Crippen molar-refractivity contribution >= 4 is 35.0 Å². The molecule has 0 aromatic rings. The summed E-state index contributed by atoms with van der Waals surface area (Å²) < 4.78 is 29.0. The molecule has 9 heteroatoms. The number of hydrogen-bond acceptors (Lipinski definition) is 4. The molecule has 2 aliphatic heterocycles. The van der Waals surface area contributed by atoms with Crippen LogP contribution in [0.25, 0.3) is 0 Å². The van der Waals surface area contributed by atoms with Gasteiger partial charge >= 0.3 is 0 Å². The number of nitrogens with one attached hydrogen (secondary N) is 2. The number of nitrogens with zero attached hydrogens (tertiary/aromatic N) is 2. The number of piperidine rings is 1. The van der Waals surface area contributed by atoms with Crippen LogP contribution in [0.3, 0.4) is 0 Å². The van der Waals surface area contributed by atoms with E-state index in [1.807, 2.05) is 7.05 Å². The van der Waals surface area contributed by atoms with Crippen molar-refractivity contribution in [3.8, 4) is 0 Å². The third-order valence-corrected chi connectivity index (χ3v) is 5.53. The molecule has 2 N–H and O–H groups in total. The maximum Gasteiger partial charge on any atom is 0.279 e. The van der Waals surface area contributed by atoms with Crippen molar-refractivity contribution in [3.63, 3.8) is 0 Å². The molecule has 0 radical (unpaired) electrons. The summed E-state index contributed by atoms with van der Waals surface area (Å²) >= 11 is 0. The maximum absolute atomic E-state index is 12.3. The monoisotopic (exact) mass is 348 g/mol. The van der Waals surface area contributed by atoms with Crippen LogP contribution in [0.15, 0.2) is 0 Å². The topological polar surface area (TPSA) is 64.7 Å². The van der Waals surface area contributed by atoms with E-state index in [-0.39, 0.29) is 30.9 Å². The van der Waals surface area contributed by atoms with Crippen LogP contribution in [0.2, 0.25) is 0 Å². The van der Waals surface area contributed by atoms with Gasteiger partial charge in [-0.3, -0.25) is 0 Å². The second-order valence-electron chi connectivity index (χ2n) is 5.40. The lowest BCUT2D eigenvalue weighted by atomic mass is 9.97. The number of halogens is 2. The molecule has 2 fully saturated rings. The van der Waals surface area contributed by atoms with E-state index < -0.39 is 10.2 Å². The Bertz CT molecular complexity index is 375. The fraction of sp³-hybridized carbons (Fsp3) is 1.00. The Morgan fingerprint density at radius 1 is 1.15 bits per heavy atom. The van der Waals surface area contributed by atoms with Crippen LogP contribution in [0.5, 0.6) is 0 Å². The van der Waals surface area contributed by atoms with E-state index in [2.05, 4.69) is 21.9 Å². The zero-order valence-corrected chi connectivity index (χ0v) is 14.5. The summed E-state index contributed by atoms with van der Waals surface area (Å²) in [4.78, 5) is 2.15. The summed E-state index contributed by atoms with van der Waals surface area (Å²) in [5.41, 5.74) is 0. The van der Waals surface area contributed by atoms with Gasteiger partial charge in [-0.1, -0.05) is 6.92 Å². The fourth-order valence-electron chi connectivity index (χ4n) is 2.48. The second-order valence-corrected chi connectivity index (χ2v) is 7.10. The molecule has 0 aliphatic carbocycles. The van der Waals surface area contributed by atoms with E-state index >= 15 is 0 Å². The molecule has 6 nitrogen and oxygen atoms in total. The van der Waals surface area contributed by atoms with E-state index in [1.54, 1.807) is 4.31 Å². The molecule has 0 aromatic carbocycles. The van der Waals surface area contributed by atoms with Gasteiger partial charge in [0.1, 0.15) is 0 Å². The summed E-state index contributed by atoms with van der Waals surface area (Å²) in [6, 6.07) is 0.0657. The highest BCUT2D eigenvalue weighted by Crippen LogP contribution is 2.13. The van der Waals surface area contributed by atoms with Crippen molar-refractivity contribution < 1.29 is 8.42 Å². The Morgan fingerprint density at radius 2 is 1.75 bits per heavy atom. The molecule has 20 heavy (non-hydrogen) atoms. The molecular weight excluding hydrogens is 323 g/mol. The van der Waals surface area contributed by atoms with Crippen molar-refractivity contribution in [2.24, 2.45) is 5.92 Å². The van der Waals surface area contributed by atoms with Crippen molar-refractivity contribution in [2.75, 3.05) is 46.3 Å². The van der Waals surface area contributed by atoms with Crippen LogP contribution < -0.4 is 10.0 Å². The van der Waals surface area contributed by atoms with Crippen LogP contribution in [-0.4, -0.2) is 70.0 Å². The van der Waals surface area contributed by atoms with E-state index in [1.165, 1.54) is 0 Å². The molecule has 0 unspecified atom stereocenters. The third kappa shape index (κ3) is 5.29. The van der Waals surface area contributed by atoms with E-state index in [9.17, 15) is 8.42 Å². The number of piperazine rings is 1. The first-order chi connectivity index (χ1) is 8.49. The average Bonchev–Trinajstić information content (AvgIpc) is 2.32. The zero-order chi connectivity index (χ0) is 13.2. The van der Waals surface area contributed by atoms with Gasteiger partial charge < -0.3 is 10.2 Å². The van der Waals surface area contributed by atoms with Gasteiger partial charge in [0.2, 0.25) is 0 Å². The van der Waals surface area contributed by atoms with Crippen molar-refractivity contribution in [1.82, 2.24) is 19.2 Å². The summed E-state index contributed by atoms with van der Waals surface area (Å²) in [6.45, 7) is 6.65. The Labute approximate surface area is 134 Å². The second kappa shape index (κ2) is 8.73. The van der Waals surface area contributed by atoms with Gasteiger partial charge in [-0.15, -0.1) is 24.8 Å². The minimum Gasteiger partial charge on any atom is -0.316 e. The quantitative estimate of drug-likeness (QED) is 0.748. The highest BCUT2D eigenvalue weighted by molar-refractivity contribution is 7.87. The highest BCUT2D eigenvalue weighted by Gasteiger charge is 2.30. The summed E-state index contributed by atoms with van der Waals surface area (Å²) in [5, 5.41) is 3.28. The molecule has 0 aromatic heterocycles. The summed E-state index contributed by atoms with van der Waals surface area (Å²) in [5.74, 6) is 0.348. The lowest BCUT2D eigenvalue weighted by Crippen LogP contribution is -2.55. The maximum atomic E-state index is 12.3. The van der Waals surface area contributed by atoms with Crippen molar-refractivity contribution in [2.45, 2.75) is 19.4 Å². The first-order valence-electron chi connectivity index (χ1n) is 6.66.